The van der Waals surface area contributed by atoms with Crippen LogP contribution in [0.5, 0.6) is 0 Å². The number of aromatic nitrogens is 4. The number of hydrogen-bond acceptors (Lipinski definition) is 11. The second kappa shape index (κ2) is 15.4. The van der Waals surface area contributed by atoms with Crippen molar-refractivity contribution >= 4 is 31.8 Å². The van der Waals surface area contributed by atoms with Gasteiger partial charge in [0.05, 0.1) is 25.9 Å². The van der Waals surface area contributed by atoms with Crippen molar-refractivity contribution < 1.29 is 23.3 Å². The third kappa shape index (κ3) is 7.78. The van der Waals surface area contributed by atoms with Crippen LogP contribution in [-0.2, 0) is 23.3 Å². The molecular formula is C27H44N9O5P. The molecule has 0 spiro atoms. The van der Waals surface area contributed by atoms with Crippen LogP contribution in [0.15, 0.2) is 17.6 Å². The van der Waals surface area contributed by atoms with E-state index < -0.39 is 27.0 Å². The van der Waals surface area contributed by atoms with E-state index >= 15 is 0 Å². The number of fused-ring (bicyclic) bond motifs is 1. The predicted octanol–water partition coefficient (Wildman–Crippen LogP) is 2.96. The number of nitrogens with zero attached hydrogens (tertiary/aromatic N) is 9. The molecule has 2 fully saturated rings. The summed E-state index contributed by atoms with van der Waals surface area (Å²) in [7, 11) is 3.93. The molecule has 2 unspecified atom stereocenters. The lowest BCUT2D eigenvalue weighted by Gasteiger charge is -2.38. The highest BCUT2D eigenvalue weighted by molar-refractivity contribution is 7.44. The molecule has 4 rings (SSSR count). The molecule has 14 nitrogen and oxygen atoms in total. The molecular weight excluding hydrogens is 561 g/mol. The van der Waals surface area contributed by atoms with Crippen LogP contribution in [0.1, 0.15) is 33.9 Å². The van der Waals surface area contributed by atoms with E-state index in [1.165, 1.54) is 6.33 Å². The van der Waals surface area contributed by atoms with Gasteiger partial charge in [-0.3, -0.25) is 9.47 Å². The van der Waals surface area contributed by atoms with Crippen LogP contribution in [0, 0.1) is 6.57 Å². The third-order valence-electron chi connectivity index (χ3n) is 6.99. The quantitative estimate of drug-likeness (QED) is 0.104. The Bertz CT molecular complexity index is 1190. The molecule has 0 aromatic carbocycles. The molecule has 4 heterocycles. The van der Waals surface area contributed by atoms with Crippen molar-refractivity contribution in [1.82, 2.24) is 34.0 Å². The minimum Gasteiger partial charge on any atom is -0.379 e. The zero-order valence-corrected chi connectivity index (χ0v) is 26.6. The van der Waals surface area contributed by atoms with Crippen LogP contribution in [-0.4, -0.2) is 138 Å². The fourth-order valence-electron chi connectivity index (χ4n) is 5.18. The zero-order chi connectivity index (χ0) is 30.2. The topological polar surface area (TPSA) is 116 Å². The lowest BCUT2D eigenvalue weighted by molar-refractivity contribution is -0.0603. The SMILES string of the molecule is [C-]#[N+]CCOP(OC1[C@@H](CN2CCOCC2)O[C@@H](n2cnc3c(/N=C/N(C)C)ncnc32)[C@H]1OC)N(C(C)C)C(C)C. The summed E-state index contributed by atoms with van der Waals surface area (Å²) < 4.78 is 35.7. The molecule has 0 saturated carbocycles. The first-order valence-electron chi connectivity index (χ1n) is 14.3. The molecule has 2 aliphatic rings. The summed E-state index contributed by atoms with van der Waals surface area (Å²) in [6.45, 7) is 19.9. The summed E-state index contributed by atoms with van der Waals surface area (Å²) in [5.41, 5.74) is 1.16. The monoisotopic (exact) mass is 605 g/mol. The Hall–Kier alpha value is -2.34. The summed E-state index contributed by atoms with van der Waals surface area (Å²) in [4.78, 5) is 25.6. The van der Waals surface area contributed by atoms with Crippen molar-refractivity contribution in [3.05, 3.63) is 24.1 Å². The Morgan fingerprint density at radius 3 is 2.55 bits per heavy atom. The molecule has 42 heavy (non-hydrogen) atoms. The average Bonchev–Trinajstić information content (AvgIpc) is 3.53. The summed E-state index contributed by atoms with van der Waals surface area (Å²) in [5.74, 6) is 0.471. The minimum atomic E-state index is -1.52. The number of aliphatic imine (C=N–C) groups is 1. The van der Waals surface area contributed by atoms with Gasteiger partial charge in [0.25, 0.3) is 8.53 Å². The van der Waals surface area contributed by atoms with E-state index in [9.17, 15) is 0 Å². The molecule has 2 aliphatic heterocycles. The van der Waals surface area contributed by atoms with E-state index in [1.54, 1.807) is 19.8 Å². The van der Waals surface area contributed by atoms with Crippen LogP contribution in [0.3, 0.4) is 0 Å². The van der Waals surface area contributed by atoms with E-state index in [2.05, 4.69) is 62.1 Å². The van der Waals surface area contributed by atoms with Crippen LogP contribution < -0.4 is 0 Å². The van der Waals surface area contributed by atoms with Crippen molar-refractivity contribution in [3.8, 4) is 0 Å². The molecule has 0 aliphatic carbocycles. The maximum absolute atomic E-state index is 7.23. The molecule has 232 valence electrons. The van der Waals surface area contributed by atoms with Crippen LogP contribution in [0.4, 0.5) is 5.82 Å². The molecule has 0 N–H and O–H groups in total. The normalized spacial score (nSPS) is 24.4. The largest absolute Gasteiger partial charge is 0.379 e. The van der Waals surface area contributed by atoms with E-state index in [-0.39, 0.29) is 31.3 Å². The van der Waals surface area contributed by atoms with Crippen LogP contribution >= 0.6 is 8.53 Å². The highest BCUT2D eigenvalue weighted by Crippen LogP contribution is 2.50. The van der Waals surface area contributed by atoms with Gasteiger partial charge in [0.2, 0.25) is 6.54 Å². The van der Waals surface area contributed by atoms with E-state index in [0.717, 1.165) is 13.1 Å². The summed E-state index contributed by atoms with van der Waals surface area (Å²) in [5, 5.41) is 0. The van der Waals surface area contributed by atoms with Gasteiger partial charge < -0.3 is 33.0 Å². The molecule has 0 amide bonds. The summed E-state index contributed by atoms with van der Waals surface area (Å²) >= 11 is 0. The Balaban J connectivity index is 1.69. The highest BCUT2D eigenvalue weighted by atomic mass is 31.2. The number of imidazole rings is 1. The number of ether oxygens (including phenoxy) is 3. The van der Waals surface area contributed by atoms with Crippen LogP contribution in [0.2, 0.25) is 0 Å². The molecule has 2 saturated heterocycles. The van der Waals surface area contributed by atoms with Gasteiger partial charge in [-0.15, -0.1) is 0 Å². The third-order valence-corrected chi connectivity index (χ3v) is 9.12. The van der Waals surface area contributed by atoms with Gasteiger partial charge in [0.15, 0.2) is 23.2 Å². The maximum Gasteiger partial charge on any atom is 0.259 e. The van der Waals surface area contributed by atoms with Crippen molar-refractivity contribution in [1.29, 1.82) is 0 Å². The van der Waals surface area contributed by atoms with Crippen molar-refractivity contribution in [2.75, 3.05) is 67.2 Å². The molecule has 5 atom stereocenters. The number of methoxy groups -OCH3 is 1. The Morgan fingerprint density at radius 2 is 1.90 bits per heavy atom. The van der Waals surface area contributed by atoms with E-state index in [1.807, 2.05) is 23.6 Å². The molecule has 0 bridgehead atoms. The van der Waals surface area contributed by atoms with Gasteiger partial charge in [-0.1, -0.05) is 0 Å². The van der Waals surface area contributed by atoms with Gasteiger partial charge in [-0.2, -0.15) is 0 Å². The summed E-state index contributed by atoms with van der Waals surface area (Å²) in [6.07, 6.45) is 3.00. The molecule has 15 heteroatoms. The second-order valence-corrected chi connectivity index (χ2v) is 12.4. The second-order valence-electron chi connectivity index (χ2n) is 11.0. The first-order valence-corrected chi connectivity index (χ1v) is 15.5. The molecule has 2 aromatic rings. The van der Waals surface area contributed by atoms with Gasteiger partial charge >= 0.3 is 0 Å². The van der Waals surface area contributed by atoms with Crippen molar-refractivity contribution in [2.24, 2.45) is 4.99 Å². The number of rotatable bonds is 14. The van der Waals surface area contributed by atoms with Crippen molar-refractivity contribution in [2.45, 2.75) is 64.3 Å². The van der Waals surface area contributed by atoms with E-state index in [4.69, 9.17) is 29.8 Å². The summed E-state index contributed by atoms with van der Waals surface area (Å²) in [6, 6.07) is 0.326. The lowest BCUT2D eigenvalue weighted by atomic mass is 10.1. The van der Waals surface area contributed by atoms with Crippen LogP contribution in [0.25, 0.3) is 16.0 Å². The van der Waals surface area contributed by atoms with E-state index in [0.29, 0.717) is 36.7 Å². The first kappa shape index (κ1) is 32.6. The zero-order valence-electron chi connectivity index (χ0n) is 25.7. The number of morpholine rings is 1. The van der Waals surface area contributed by atoms with Gasteiger partial charge in [-0.25, -0.2) is 31.2 Å². The molecule has 2 aromatic heterocycles. The average molecular weight is 606 g/mol. The van der Waals surface area contributed by atoms with Gasteiger partial charge in [-0.05, 0) is 27.7 Å². The fraction of sp³-hybridized carbons (Fsp3) is 0.741. The van der Waals surface area contributed by atoms with Crippen molar-refractivity contribution in [3.63, 3.8) is 0 Å². The lowest BCUT2D eigenvalue weighted by Crippen LogP contribution is -2.46. The standard InChI is InChI=1S/C27H44N9O5P/c1-19(2)36(20(3)4)42(39-12-9-28-5)41-23-21(15-34-10-13-38-14-11-34)40-27(24(23)37-8)35-18-31-22-25(32-17-33(6)7)29-16-30-26(22)35/h16-21,23-24,27H,9-15H2,1-4,6-8H3/b32-17+/t21-,23?,24+,27-,42?/m1/s1. The molecule has 0 radical (unpaired) electrons. The Kier molecular flexibility index (Phi) is 11.9. The highest BCUT2D eigenvalue weighted by Gasteiger charge is 2.50. The number of hydrogen-bond donors (Lipinski definition) is 0. The Morgan fingerprint density at radius 1 is 1.17 bits per heavy atom. The fourth-order valence-corrected chi connectivity index (χ4v) is 6.94. The first-order chi connectivity index (χ1) is 20.2. The minimum absolute atomic E-state index is 0.163. The van der Waals surface area contributed by atoms with Gasteiger partial charge in [0.1, 0.15) is 31.2 Å². The van der Waals surface area contributed by atoms with Gasteiger partial charge in [0, 0.05) is 52.9 Å². The predicted molar refractivity (Wildman–Crippen MR) is 160 cm³/mol. The maximum atomic E-state index is 7.23. The smallest absolute Gasteiger partial charge is 0.259 e. The Labute approximate surface area is 249 Å².